The summed E-state index contributed by atoms with van der Waals surface area (Å²) in [6.45, 7) is 5.27. The number of fused-ring (bicyclic) bond motifs is 1. The van der Waals surface area contributed by atoms with Crippen LogP contribution in [0.25, 0.3) is 11.1 Å². The van der Waals surface area contributed by atoms with Crippen LogP contribution in [0.1, 0.15) is 62.0 Å². The van der Waals surface area contributed by atoms with E-state index in [0.29, 0.717) is 12.0 Å². The molecule has 0 unspecified atom stereocenters. The van der Waals surface area contributed by atoms with Gasteiger partial charge in [0.25, 0.3) is 0 Å². The van der Waals surface area contributed by atoms with Crippen LogP contribution in [0.2, 0.25) is 0 Å². The summed E-state index contributed by atoms with van der Waals surface area (Å²) in [6, 6.07) is 11.0. The van der Waals surface area contributed by atoms with E-state index in [2.05, 4.69) is 31.9 Å². The number of likely N-dealkylation sites (tertiary alicyclic amines) is 2. The standard InChI is InChI=1S/C27H34N4O3/c32-27-29-24-6-2-5-23(26(24)34-27)20-9-13-30(14-10-20)18-19-7-8-25(28-17-19)33-22-11-15-31(16-12-22)21-3-1-4-21/h2,5-8,17,20-22H,1,3-4,9-16,18H2,(H,29,32). The molecule has 1 aliphatic carbocycles. The number of nitrogens with one attached hydrogen (secondary N) is 1. The topological polar surface area (TPSA) is 74.6 Å². The molecule has 4 heterocycles. The summed E-state index contributed by atoms with van der Waals surface area (Å²) in [7, 11) is 0. The van der Waals surface area contributed by atoms with E-state index < -0.39 is 0 Å². The van der Waals surface area contributed by atoms with E-state index in [0.717, 1.165) is 87.0 Å². The highest BCUT2D eigenvalue weighted by molar-refractivity contribution is 5.76. The number of hydrogen-bond acceptors (Lipinski definition) is 6. The second kappa shape index (κ2) is 9.55. The van der Waals surface area contributed by atoms with Crippen LogP contribution in [0.4, 0.5) is 0 Å². The first-order valence-corrected chi connectivity index (χ1v) is 12.9. The number of hydrogen-bond donors (Lipinski definition) is 1. The molecule has 2 aliphatic heterocycles. The van der Waals surface area contributed by atoms with Gasteiger partial charge in [0.05, 0.1) is 5.52 Å². The second-order valence-corrected chi connectivity index (χ2v) is 10.2. The van der Waals surface area contributed by atoms with Gasteiger partial charge in [0, 0.05) is 43.5 Å². The van der Waals surface area contributed by atoms with Gasteiger partial charge in [0.1, 0.15) is 6.10 Å². The van der Waals surface area contributed by atoms with Crippen LogP contribution in [0.15, 0.2) is 45.7 Å². The molecule has 0 radical (unpaired) electrons. The molecule has 2 saturated heterocycles. The monoisotopic (exact) mass is 462 g/mol. The summed E-state index contributed by atoms with van der Waals surface area (Å²) in [5.41, 5.74) is 3.89. The maximum atomic E-state index is 11.6. The van der Waals surface area contributed by atoms with Gasteiger partial charge in [0.2, 0.25) is 5.88 Å². The minimum absolute atomic E-state index is 0.294. The van der Waals surface area contributed by atoms with Crippen molar-refractivity contribution in [2.24, 2.45) is 0 Å². The molecule has 0 atom stereocenters. The van der Waals surface area contributed by atoms with Gasteiger partial charge in [-0.2, -0.15) is 0 Å². The van der Waals surface area contributed by atoms with Crippen LogP contribution in [0.5, 0.6) is 5.88 Å². The summed E-state index contributed by atoms with van der Waals surface area (Å²) < 4.78 is 11.6. The lowest BCUT2D eigenvalue weighted by molar-refractivity contribution is 0.0475. The zero-order valence-electron chi connectivity index (χ0n) is 19.7. The number of pyridine rings is 1. The summed E-state index contributed by atoms with van der Waals surface area (Å²) in [5, 5.41) is 0. The third-order valence-corrected chi connectivity index (χ3v) is 8.06. The first kappa shape index (κ1) is 21.9. The Hall–Kier alpha value is -2.64. The largest absolute Gasteiger partial charge is 0.474 e. The SMILES string of the molecule is O=c1[nH]c2cccc(C3CCN(Cc4ccc(OC5CCN(C6CCC6)CC5)nc4)CC3)c2o1. The highest BCUT2D eigenvalue weighted by atomic mass is 16.5. The van der Waals surface area contributed by atoms with Crippen molar-refractivity contribution in [2.75, 3.05) is 26.2 Å². The number of aromatic nitrogens is 2. The molecule has 0 bridgehead atoms. The third-order valence-electron chi connectivity index (χ3n) is 8.06. The fourth-order valence-corrected chi connectivity index (χ4v) is 5.83. The van der Waals surface area contributed by atoms with Crippen molar-refractivity contribution in [3.63, 3.8) is 0 Å². The molecular weight excluding hydrogens is 428 g/mol. The third kappa shape index (κ3) is 4.64. The fourth-order valence-electron chi connectivity index (χ4n) is 5.83. The molecule has 1 N–H and O–H groups in total. The van der Waals surface area contributed by atoms with Crippen LogP contribution in [-0.4, -0.2) is 58.1 Å². The summed E-state index contributed by atoms with van der Waals surface area (Å²) in [5.74, 6) is 0.799. The molecule has 3 aromatic rings. The highest BCUT2D eigenvalue weighted by Crippen LogP contribution is 2.33. The molecule has 1 aromatic carbocycles. The molecule has 2 aromatic heterocycles. The normalized spacial score (nSPS) is 21.6. The van der Waals surface area contributed by atoms with Gasteiger partial charge < -0.3 is 14.1 Å². The number of aromatic amines is 1. The molecule has 0 spiro atoms. The number of ether oxygens (including phenoxy) is 1. The molecule has 6 rings (SSSR count). The van der Waals surface area contributed by atoms with E-state index in [1.54, 1.807) is 0 Å². The molecule has 3 aliphatic rings. The lowest BCUT2D eigenvalue weighted by atomic mass is 9.89. The molecule has 180 valence electrons. The quantitative estimate of drug-likeness (QED) is 0.589. The number of oxazole rings is 1. The number of benzene rings is 1. The Kier molecular flexibility index (Phi) is 6.14. The van der Waals surface area contributed by atoms with E-state index in [-0.39, 0.29) is 5.76 Å². The fraction of sp³-hybridized carbons (Fsp3) is 0.556. The van der Waals surface area contributed by atoms with Crippen LogP contribution in [0.3, 0.4) is 0 Å². The van der Waals surface area contributed by atoms with Crippen LogP contribution >= 0.6 is 0 Å². The van der Waals surface area contributed by atoms with Crippen LogP contribution in [0, 0.1) is 0 Å². The first-order chi connectivity index (χ1) is 16.7. The van der Waals surface area contributed by atoms with Crippen molar-refractivity contribution >= 4 is 11.1 Å². The first-order valence-electron chi connectivity index (χ1n) is 12.9. The van der Waals surface area contributed by atoms with Crippen molar-refractivity contribution in [2.45, 2.75) is 69.6 Å². The van der Waals surface area contributed by atoms with Gasteiger partial charge in [-0.1, -0.05) is 24.6 Å². The van der Waals surface area contributed by atoms with Crippen molar-refractivity contribution in [3.05, 3.63) is 58.2 Å². The van der Waals surface area contributed by atoms with Gasteiger partial charge >= 0.3 is 5.76 Å². The molecule has 7 heteroatoms. The van der Waals surface area contributed by atoms with Gasteiger partial charge in [0.15, 0.2) is 5.58 Å². The Morgan fingerprint density at radius 2 is 1.82 bits per heavy atom. The summed E-state index contributed by atoms with van der Waals surface area (Å²) in [4.78, 5) is 24.1. The van der Waals surface area contributed by atoms with Crippen LogP contribution < -0.4 is 10.5 Å². The van der Waals surface area contributed by atoms with Crippen molar-refractivity contribution in [1.29, 1.82) is 0 Å². The minimum atomic E-state index is -0.376. The zero-order valence-corrected chi connectivity index (χ0v) is 19.7. The summed E-state index contributed by atoms with van der Waals surface area (Å²) >= 11 is 0. The molecule has 1 saturated carbocycles. The maximum absolute atomic E-state index is 11.6. The predicted octanol–water partition coefficient (Wildman–Crippen LogP) is 4.29. The van der Waals surface area contributed by atoms with Crippen molar-refractivity contribution in [1.82, 2.24) is 19.8 Å². The number of para-hydroxylation sites is 1. The molecule has 3 fully saturated rings. The predicted molar refractivity (Wildman–Crippen MR) is 131 cm³/mol. The highest BCUT2D eigenvalue weighted by Gasteiger charge is 2.29. The number of nitrogens with zero attached hydrogens (tertiary/aromatic N) is 3. The van der Waals surface area contributed by atoms with Crippen molar-refractivity contribution < 1.29 is 9.15 Å². The molecule has 7 nitrogen and oxygen atoms in total. The number of piperidine rings is 2. The average molecular weight is 463 g/mol. The number of rotatable bonds is 6. The van der Waals surface area contributed by atoms with E-state index in [1.165, 1.54) is 24.8 Å². The Morgan fingerprint density at radius 3 is 2.53 bits per heavy atom. The molecule has 0 amide bonds. The Labute approximate surface area is 200 Å². The second-order valence-electron chi connectivity index (χ2n) is 10.2. The van der Waals surface area contributed by atoms with Gasteiger partial charge in [-0.05, 0) is 69.2 Å². The maximum Gasteiger partial charge on any atom is 0.417 e. The van der Waals surface area contributed by atoms with E-state index in [1.807, 2.05) is 24.4 Å². The number of H-pyrrole nitrogens is 1. The van der Waals surface area contributed by atoms with Gasteiger partial charge in [-0.3, -0.25) is 9.88 Å². The Morgan fingerprint density at radius 1 is 1.00 bits per heavy atom. The average Bonchev–Trinajstić information content (AvgIpc) is 3.21. The zero-order chi connectivity index (χ0) is 22.9. The molecule has 34 heavy (non-hydrogen) atoms. The Bertz CT molecular complexity index is 1150. The van der Waals surface area contributed by atoms with E-state index in [4.69, 9.17) is 9.15 Å². The lowest BCUT2D eigenvalue weighted by Gasteiger charge is -2.41. The van der Waals surface area contributed by atoms with Gasteiger partial charge in [-0.15, -0.1) is 0 Å². The minimum Gasteiger partial charge on any atom is -0.474 e. The summed E-state index contributed by atoms with van der Waals surface area (Å²) in [6.07, 6.45) is 10.8. The molecular formula is C27H34N4O3. The Balaban J connectivity index is 0.989. The lowest BCUT2D eigenvalue weighted by Crippen LogP contribution is -2.46. The smallest absolute Gasteiger partial charge is 0.417 e. The van der Waals surface area contributed by atoms with Gasteiger partial charge in [-0.25, -0.2) is 9.78 Å². The van der Waals surface area contributed by atoms with E-state index in [9.17, 15) is 4.79 Å². The van der Waals surface area contributed by atoms with Crippen LogP contribution in [-0.2, 0) is 6.54 Å². The van der Waals surface area contributed by atoms with E-state index >= 15 is 0 Å². The van der Waals surface area contributed by atoms with Crippen molar-refractivity contribution in [3.8, 4) is 5.88 Å².